The molecular formula is C32H29N5O2. The number of imidazole rings is 1. The van der Waals surface area contributed by atoms with E-state index in [4.69, 9.17) is 9.72 Å². The summed E-state index contributed by atoms with van der Waals surface area (Å²) in [6, 6.07) is 25.8. The predicted octanol–water partition coefficient (Wildman–Crippen LogP) is 6.32. The van der Waals surface area contributed by atoms with Gasteiger partial charge in [-0.25, -0.2) is 4.98 Å². The summed E-state index contributed by atoms with van der Waals surface area (Å²) < 4.78 is 7.73. The standard InChI is InChI=1S/C32H29N5O2/c1-20(2)30(36-32(38)24-10-12-26-28(17-24)34-15-14-33-26)31-35-27-13-11-25(39-3)18-29(27)37(31)19-21-8-9-22-6-4-5-7-23(22)16-21/h4-18,20,30H,19H2,1-3H3,(H,36,38). The number of carbonyl (C=O) groups excluding carboxylic acids is 1. The van der Waals surface area contributed by atoms with E-state index in [0.29, 0.717) is 17.6 Å². The largest absolute Gasteiger partial charge is 0.497 e. The van der Waals surface area contributed by atoms with Crippen molar-refractivity contribution in [2.24, 2.45) is 5.92 Å². The molecule has 7 heteroatoms. The third-order valence-corrected chi connectivity index (χ3v) is 7.10. The van der Waals surface area contributed by atoms with Gasteiger partial charge in [0.1, 0.15) is 11.6 Å². The highest BCUT2D eigenvalue weighted by atomic mass is 16.5. The summed E-state index contributed by atoms with van der Waals surface area (Å²) in [4.78, 5) is 27.2. The Morgan fingerprint density at radius 1 is 0.872 bits per heavy atom. The first-order chi connectivity index (χ1) is 19.0. The number of nitrogens with one attached hydrogen (secondary N) is 1. The molecule has 1 atom stereocenters. The van der Waals surface area contributed by atoms with Crippen LogP contribution in [0.25, 0.3) is 32.8 Å². The minimum atomic E-state index is -0.325. The van der Waals surface area contributed by atoms with Gasteiger partial charge in [0.05, 0.1) is 35.2 Å². The Balaban J connectivity index is 1.41. The summed E-state index contributed by atoms with van der Waals surface area (Å²) >= 11 is 0. The molecule has 4 aromatic carbocycles. The normalized spacial score (nSPS) is 12.3. The van der Waals surface area contributed by atoms with Gasteiger partial charge in [-0.15, -0.1) is 0 Å². The number of carbonyl (C=O) groups is 1. The number of methoxy groups -OCH3 is 1. The third-order valence-electron chi connectivity index (χ3n) is 7.10. The number of fused-ring (bicyclic) bond motifs is 3. The Morgan fingerprint density at radius 3 is 2.44 bits per heavy atom. The van der Waals surface area contributed by atoms with E-state index in [-0.39, 0.29) is 17.9 Å². The smallest absolute Gasteiger partial charge is 0.251 e. The van der Waals surface area contributed by atoms with Crippen molar-refractivity contribution in [2.75, 3.05) is 7.11 Å². The van der Waals surface area contributed by atoms with Crippen LogP contribution in [0.15, 0.2) is 91.3 Å². The number of ether oxygens (including phenoxy) is 1. The highest BCUT2D eigenvalue weighted by molar-refractivity contribution is 5.97. The summed E-state index contributed by atoms with van der Waals surface area (Å²) in [5.74, 6) is 1.47. The zero-order valence-electron chi connectivity index (χ0n) is 22.1. The SMILES string of the molecule is COc1ccc2nc(C(NC(=O)c3ccc4nccnc4c3)C(C)C)n(Cc3ccc4ccccc4c3)c2c1. The molecule has 0 radical (unpaired) electrons. The molecule has 0 spiro atoms. The topological polar surface area (TPSA) is 81.9 Å². The molecule has 1 N–H and O–H groups in total. The molecule has 7 nitrogen and oxygen atoms in total. The van der Waals surface area contributed by atoms with Gasteiger partial charge in [0, 0.05) is 30.6 Å². The van der Waals surface area contributed by atoms with Crippen LogP contribution in [0.5, 0.6) is 5.75 Å². The number of nitrogens with zero attached hydrogens (tertiary/aromatic N) is 4. The van der Waals surface area contributed by atoms with Gasteiger partial charge in [0.15, 0.2) is 0 Å². The quantitative estimate of drug-likeness (QED) is 0.269. The molecule has 0 bridgehead atoms. The Hall–Kier alpha value is -4.78. The van der Waals surface area contributed by atoms with Crippen molar-refractivity contribution in [1.82, 2.24) is 24.8 Å². The second kappa shape index (κ2) is 10.2. The van der Waals surface area contributed by atoms with Crippen LogP contribution >= 0.6 is 0 Å². The summed E-state index contributed by atoms with van der Waals surface area (Å²) in [7, 11) is 1.66. The Kier molecular flexibility index (Phi) is 6.40. The molecule has 0 aliphatic heterocycles. The number of amides is 1. The van der Waals surface area contributed by atoms with Gasteiger partial charge in [-0.05, 0) is 58.7 Å². The van der Waals surface area contributed by atoms with Crippen LogP contribution in [0.2, 0.25) is 0 Å². The van der Waals surface area contributed by atoms with Gasteiger partial charge >= 0.3 is 0 Å². The number of aromatic nitrogens is 4. The van der Waals surface area contributed by atoms with Gasteiger partial charge < -0.3 is 14.6 Å². The van der Waals surface area contributed by atoms with E-state index in [9.17, 15) is 4.79 Å². The van der Waals surface area contributed by atoms with E-state index in [1.54, 1.807) is 31.6 Å². The van der Waals surface area contributed by atoms with Gasteiger partial charge in [-0.2, -0.15) is 0 Å². The maximum Gasteiger partial charge on any atom is 0.251 e. The minimum Gasteiger partial charge on any atom is -0.497 e. The number of hydrogen-bond donors (Lipinski definition) is 1. The summed E-state index contributed by atoms with van der Waals surface area (Å²) in [6.45, 7) is 4.79. The fraction of sp³-hybridized carbons (Fsp3) is 0.188. The number of hydrogen-bond acceptors (Lipinski definition) is 5. The van der Waals surface area contributed by atoms with Crippen molar-refractivity contribution < 1.29 is 9.53 Å². The molecule has 1 unspecified atom stereocenters. The minimum absolute atomic E-state index is 0.0864. The van der Waals surface area contributed by atoms with Crippen LogP contribution in [0.3, 0.4) is 0 Å². The van der Waals surface area contributed by atoms with Crippen molar-refractivity contribution in [2.45, 2.75) is 26.4 Å². The average Bonchev–Trinajstić information content (AvgIpc) is 3.32. The maximum atomic E-state index is 13.5. The monoisotopic (exact) mass is 515 g/mol. The first-order valence-electron chi connectivity index (χ1n) is 13.0. The van der Waals surface area contributed by atoms with Crippen LogP contribution in [0.1, 0.15) is 41.6 Å². The lowest BCUT2D eigenvalue weighted by molar-refractivity contribution is 0.0922. The van der Waals surface area contributed by atoms with E-state index in [1.165, 1.54) is 10.8 Å². The predicted molar refractivity (Wildman–Crippen MR) is 154 cm³/mol. The van der Waals surface area contributed by atoms with Crippen molar-refractivity contribution >= 4 is 38.7 Å². The molecule has 6 rings (SSSR count). The zero-order chi connectivity index (χ0) is 26.9. The summed E-state index contributed by atoms with van der Waals surface area (Å²) in [5, 5.41) is 5.64. The number of benzene rings is 4. The summed E-state index contributed by atoms with van der Waals surface area (Å²) in [6.07, 6.45) is 3.27. The van der Waals surface area contributed by atoms with Gasteiger partial charge in [0.25, 0.3) is 5.91 Å². The zero-order valence-corrected chi connectivity index (χ0v) is 22.1. The highest BCUT2D eigenvalue weighted by Gasteiger charge is 2.26. The molecule has 0 aliphatic carbocycles. The molecule has 194 valence electrons. The molecule has 0 fully saturated rings. The first-order valence-corrected chi connectivity index (χ1v) is 13.0. The van der Waals surface area contributed by atoms with Crippen LogP contribution < -0.4 is 10.1 Å². The van der Waals surface area contributed by atoms with Crippen LogP contribution in [0, 0.1) is 5.92 Å². The summed E-state index contributed by atoms with van der Waals surface area (Å²) in [5.41, 5.74) is 4.93. The lowest BCUT2D eigenvalue weighted by atomic mass is 10.0. The van der Waals surface area contributed by atoms with E-state index >= 15 is 0 Å². The molecule has 2 heterocycles. The Bertz CT molecular complexity index is 1820. The molecule has 0 aliphatic rings. The molecule has 0 saturated heterocycles. The lowest BCUT2D eigenvalue weighted by Gasteiger charge is -2.23. The second-order valence-electron chi connectivity index (χ2n) is 10.0. The second-order valence-corrected chi connectivity index (χ2v) is 10.0. The van der Waals surface area contributed by atoms with E-state index < -0.39 is 0 Å². The number of rotatable bonds is 7. The van der Waals surface area contributed by atoms with Crippen LogP contribution in [0.4, 0.5) is 0 Å². The van der Waals surface area contributed by atoms with Gasteiger partial charge in [-0.3, -0.25) is 14.8 Å². The highest BCUT2D eigenvalue weighted by Crippen LogP contribution is 2.30. The first kappa shape index (κ1) is 24.6. The van der Waals surface area contributed by atoms with E-state index in [1.807, 2.05) is 30.3 Å². The van der Waals surface area contributed by atoms with Crippen molar-refractivity contribution in [3.63, 3.8) is 0 Å². The molecule has 6 aromatic rings. The molecule has 0 saturated carbocycles. The van der Waals surface area contributed by atoms with Crippen molar-refractivity contribution in [1.29, 1.82) is 0 Å². The molecule has 39 heavy (non-hydrogen) atoms. The maximum absolute atomic E-state index is 13.5. The van der Waals surface area contributed by atoms with E-state index in [0.717, 1.165) is 33.7 Å². The lowest BCUT2D eigenvalue weighted by Crippen LogP contribution is -2.34. The third kappa shape index (κ3) is 4.79. The fourth-order valence-electron chi connectivity index (χ4n) is 5.03. The molecule has 1 amide bonds. The molecule has 2 aromatic heterocycles. The Labute approximate surface area is 226 Å². The molecular weight excluding hydrogens is 486 g/mol. The van der Waals surface area contributed by atoms with Gasteiger partial charge in [0.2, 0.25) is 0 Å². The van der Waals surface area contributed by atoms with Crippen LogP contribution in [-0.4, -0.2) is 32.5 Å². The van der Waals surface area contributed by atoms with Crippen LogP contribution in [-0.2, 0) is 6.54 Å². The fourth-order valence-corrected chi connectivity index (χ4v) is 5.03. The van der Waals surface area contributed by atoms with Gasteiger partial charge in [-0.1, -0.05) is 50.2 Å². The van der Waals surface area contributed by atoms with Crippen molar-refractivity contribution in [3.8, 4) is 5.75 Å². The average molecular weight is 516 g/mol. The van der Waals surface area contributed by atoms with E-state index in [2.05, 4.69) is 70.1 Å². The Morgan fingerprint density at radius 2 is 1.64 bits per heavy atom. The van der Waals surface area contributed by atoms with Crippen molar-refractivity contribution in [3.05, 3.63) is 108 Å².